The molecule has 0 N–H and O–H groups in total. The molecule has 0 atom stereocenters. The van der Waals surface area contributed by atoms with Gasteiger partial charge < -0.3 is 9.80 Å². The minimum absolute atomic E-state index is 0. The first-order chi connectivity index (χ1) is 9.95. The Balaban J connectivity index is 0.00000176. The second-order valence-corrected chi connectivity index (χ2v) is 7.10. The number of likely N-dealkylation sites (N-methyl/N-ethyl adjacent to an activating group) is 1. The van der Waals surface area contributed by atoms with Crippen molar-refractivity contribution >= 4 is 40.7 Å². The van der Waals surface area contributed by atoms with Crippen LogP contribution >= 0.6 is 24.0 Å². The average Bonchev–Trinajstić information content (AvgIpc) is 2.46. The Hall–Kier alpha value is -1.10. The third-order valence-corrected chi connectivity index (χ3v) is 4.09. The van der Waals surface area contributed by atoms with Crippen LogP contribution in [0.5, 0.6) is 0 Å². The van der Waals surface area contributed by atoms with Crippen molar-refractivity contribution in [1.82, 2.24) is 14.9 Å². The number of aromatic nitrogens is 2. The lowest BCUT2D eigenvalue weighted by atomic mass is 10.1. The largest absolute Gasteiger partial charge is 0.353 e. The van der Waals surface area contributed by atoms with Crippen LogP contribution in [0.3, 0.4) is 0 Å². The van der Waals surface area contributed by atoms with Crippen LogP contribution in [0.1, 0.15) is 19.7 Å². The molecule has 1 aliphatic heterocycles. The SMILES string of the molecule is CN1CCN(c2nc(C(C)(C)Cl)nc3ccccc23)CC1.Cl. The van der Waals surface area contributed by atoms with E-state index in [0.717, 1.165) is 42.9 Å². The van der Waals surface area contributed by atoms with Crippen LogP contribution in [0.15, 0.2) is 24.3 Å². The fourth-order valence-electron chi connectivity index (χ4n) is 2.59. The summed E-state index contributed by atoms with van der Waals surface area (Å²) in [5.74, 6) is 1.70. The van der Waals surface area contributed by atoms with Gasteiger partial charge in [0.1, 0.15) is 5.82 Å². The molecule has 1 saturated heterocycles. The Bertz CT molecular complexity index is 646. The van der Waals surface area contributed by atoms with Crippen molar-refractivity contribution in [2.45, 2.75) is 18.7 Å². The number of rotatable bonds is 2. The van der Waals surface area contributed by atoms with Gasteiger partial charge in [0.25, 0.3) is 0 Å². The molecule has 1 fully saturated rings. The van der Waals surface area contributed by atoms with Crippen molar-refractivity contribution < 1.29 is 0 Å². The molecule has 1 aromatic heterocycles. The molecule has 1 aromatic carbocycles. The quantitative estimate of drug-likeness (QED) is 0.785. The average molecular weight is 341 g/mol. The number of hydrogen-bond donors (Lipinski definition) is 0. The highest BCUT2D eigenvalue weighted by molar-refractivity contribution is 6.23. The summed E-state index contributed by atoms with van der Waals surface area (Å²) in [5, 5.41) is 1.10. The lowest BCUT2D eigenvalue weighted by Gasteiger charge is -2.34. The van der Waals surface area contributed by atoms with E-state index in [4.69, 9.17) is 16.6 Å². The number of fused-ring (bicyclic) bond motifs is 1. The Labute approximate surface area is 142 Å². The second kappa shape index (κ2) is 6.57. The first kappa shape index (κ1) is 17.3. The summed E-state index contributed by atoms with van der Waals surface area (Å²) < 4.78 is 0. The van der Waals surface area contributed by atoms with E-state index in [0.29, 0.717) is 5.82 Å². The summed E-state index contributed by atoms with van der Waals surface area (Å²) in [6.45, 7) is 7.95. The molecule has 0 unspecified atom stereocenters. The predicted octanol–water partition coefficient (Wildman–Crippen LogP) is 3.28. The summed E-state index contributed by atoms with van der Waals surface area (Å²) in [4.78, 5) is 13.5. The molecule has 0 aliphatic carbocycles. The molecule has 4 nitrogen and oxygen atoms in total. The van der Waals surface area contributed by atoms with Crippen LogP contribution < -0.4 is 4.90 Å². The Kier molecular flexibility index (Phi) is 5.15. The molecule has 22 heavy (non-hydrogen) atoms. The summed E-state index contributed by atoms with van der Waals surface area (Å²) in [6, 6.07) is 8.17. The highest BCUT2D eigenvalue weighted by Gasteiger charge is 2.25. The molecule has 2 heterocycles. The summed E-state index contributed by atoms with van der Waals surface area (Å²) >= 11 is 6.44. The third-order valence-electron chi connectivity index (χ3n) is 3.92. The molecule has 120 valence electrons. The number of alkyl halides is 1. The van der Waals surface area contributed by atoms with Crippen molar-refractivity contribution in [3.63, 3.8) is 0 Å². The van der Waals surface area contributed by atoms with E-state index in [1.807, 2.05) is 32.0 Å². The van der Waals surface area contributed by atoms with Crippen LogP contribution in [-0.2, 0) is 4.87 Å². The smallest absolute Gasteiger partial charge is 0.151 e. The minimum Gasteiger partial charge on any atom is -0.353 e. The molecule has 0 bridgehead atoms. The summed E-state index contributed by atoms with van der Waals surface area (Å²) in [7, 11) is 2.16. The molecule has 6 heteroatoms. The van der Waals surface area contributed by atoms with Crippen molar-refractivity contribution in [3.05, 3.63) is 30.1 Å². The fraction of sp³-hybridized carbons (Fsp3) is 0.500. The Morgan fingerprint density at radius 2 is 1.68 bits per heavy atom. The molecule has 0 saturated carbocycles. The zero-order chi connectivity index (χ0) is 15.0. The molecular formula is C16H22Cl2N4. The first-order valence-corrected chi connectivity index (χ1v) is 7.72. The zero-order valence-corrected chi connectivity index (χ0v) is 14.8. The molecule has 0 amide bonds. The first-order valence-electron chi connectivity index (χ1n) is 7.35. The van der Waals surface area contributed by atoms with Crippen LogP contribution in [0.4, 0.5) is 5.82 Å². The second-order valence-electron chi connectivity index (χ2n) is 6.15. The number of nitrogens with zero attached hydrogens (tertiary/aromatic N) is 4. The monoisotopic (exact) mass is 340 g/mol. The van der Waals surface area contributed by atoms with Gasteiger partial charge in [-0.05, 0) is 33.0 Å². The van der Waals surface area contributed by atoms with E-state index in [1.165, 1.54) is 0 Å². The van der Waals surface area contributed by atoms with Gasteiger partial charge >= 0.3 is 0 Å². The van der Waals surface area contributed by atoms with E-state index in [-0.39, 0.29) is 12.4 Å². The summed E-state index contributed by atoms with van der Waals surface area (Å²) in [5.41, 5.74) is 0.963. The third kappa shape index (κ3) is 3.45. The normalized spacial score (nSPS) is 16.6. The topological polar surface area (TPSA) is 32.3 Å². The number of benzene rings is 1. The minimum atomic E-state index is -0.564. The van der Waals surface area contributed by atoms with Gasteiger partial charge in [-0.1, -0.05) is 12.1 Å². The van der Waals surface area contributed by atoms with E-state index >= 15 is 0 Å². The van der Waals surface area contributed by atoms with Crippen LogP contribution in [0.25, 0.3) is 10.9 Å². The van der Waals surface area contributed by atoms with E-state index in [1.54, 1.807) is 0 Å². The van der Waals surface area contributed by atoms with Gasteiger partial charge in [0.2, 0.25) is 0 Å². The fourth-order valence-corrected chi connectivity index (χ4v) is 2.67. The van der Waals surface area contributed by atoms with Gasteiger partial charge in [0.05, 0.1) is 10.4 Å². The Morgan fingerprint density at radius 3 is 2.32 bits per heavy atom. The lowest BCUT2D eigenvalue weighted by Crippen LogP contribution is -2.45. The van der Waals surface area contributed by atoms with Gasteiger partial charge in [-0.15, -0.1) is 24.0 Å². The number of anilines is 1. The van der Waals surface area contributed by atoms with Crippen LogP contribution in [0.2, 0.25) is 0 Å². The van der Waals surface area contributed by atoms with E-state index < -0.39 is 4.87 Å². The van der Waals surface area contributed by atoms with Gasteiger partial charge in [-0.25, -0.2) is 9.97 Å². The maximum atomic E-state index is 6.44. The number of hydrogen-bond acceptors (Lipinski definition) is 4. The van der Waals surface area contributed by atoms with Gasteiger partial charge in [0, 0.05) is 31.6 Å². The number of halogens is 2. The lowest BCUT2D eigenvalue weighted by molar-refractivity contribution is 0.312. The number of para-hydroxylation sites is 1. The van der Waals surface area contributed by atoms with Crippen LogP contribution in [0, 0.1) is 0 Å². The van der Waals surface area contributed by atoms with E-state index in [2.05, 4.69) is 27.9 Å². The number of piperazine rings is 1. The molecule has 3 rings (SSSR count). The van der Waals surface area contributed by atoms with Crippen molar-refractivity contribution in [3.8, 4) is 0 Å². The zero-order valence-electron chi connectivity index (χ0n) is 13.2. The molecule has 1 aliphatic rings. The van der Waals surface area contributed by atoms with Crippen molar-refractivity contribution in [1.29, 1.82) is 0 Å². The van der Waals surface area contributed by atoms with Gasteiger partial charge in [-0.2, -0.15) is 0 Å². The Morgan fingerprint density at radius 1 is 1.05 bits per heavy atom. The standard InChI is InChI=1S/C16H21ClN4.ClH/c1-16(2,17)15-18-13-7-5-4-6-12(13)14(19-15)21-10-8-20(3)9-11-21;/h4-7H,8-11H2,1-3H3;1H. The highest BCUT2D eigenvalue weighted by Crippen LogP contribution is 2.31. The molecule has 2 aromatic rings. The molecule has 0 spiro atoms. The maximum absolute atomic E-state index is 6.44. The van der Waals surface area contributed by atoms with Crippen molar-refractivity contribution in [2.24, 2.45) is 0 Å². The van der Waals surface area contributed by atoms with Crippen LogP contribution in [-0.4, -0.2) is 48.1 Å². The van der Waals surface area contributed by atoms with Crippen molar-refractivity contribution in [2.75, 3.05) is 38.1 Å². The van der Waals surface area contributed by atoms with Gasteiger partial charge in [-0.3, -0.25) is 0 Å². The molecule has 0 radical (unpaired) electrons. The van der Waals surface area contributed by atoms with Gasteiger partial charge in [0.15, 0.2) is 5.82 Å². The predicted molar refractivity (Wildman–Crippen MR) is 95.4 cm³/mol. The molecular weight excluding hydrogens is 319 g/mol. The maximum Gasteiger partial charge on any atom is 0.151 e. The summed E-state index contributed by atoms with van der Waals surface area (Å²) in [6.07, 6.45) is 0. The highest BCUT2D eigenvalue weighted by atomic mass is 35.5. The van der Waals surface area contributed by atoms with E-state index in [9.17, 15) is 0 Å².